The van der Waals surface area contributed by atoms with Crippen LogP contribution in [0.25, 0.3) is 0 Å². The molecule has 0 saturated carbocycles. The second kappa shape index (κ2) is 9.80. The van der Waals surface area contributed by atoms with Gasteiger partial charge in [-0.05, 0) is 37.0 Å². The molecule has 156 valence electrons. The highest BCUT2D eigenvalue weighted by molar-refractivity contribution is 7.99. The van der Waals surface area contributed by atoms with Crippen molar-refractivity contribution in [3.05, 3.63) is 71.5 Å². The fourth-order valence-electron chi connectivity index (χ4n) is 3.50. The van der Waals surface area contributed by atoms with Gasteiger partial charge >= 0.3 is 0 Å². The molecule has 0 spiro atoms. The summed E-state index contributed by atoms with van der Waals surface area (Å²) in [5, 5.41) is 9.49. The lowest BCUT2D eigenvalue weighted by Crippen LogP contribution is -2.29. The highest BCUT2D eigenvalue weighted by Crippen LogP contribution is 2.22. The van der Waals surface area contributed by atoms with Gasteiger partial charge in [0.05, 0.1) is 12.3 Å². The molecular weight excluding hydrogens is 396 g/mol. The van der Waals surface area contributed by atoms with Crippen LogP contribution in [0.1, 0.15) is 29.8 Å². The maximum absolute atomic E-state index is 12.5. The minimum atomic E-state index is 0.171. The molecule has 1 aliphatic rings. The van der Waals surface area contributed by atoms with Crippen LogP contribution < -0.4 is 4.74 Å². The number of ether oxygens (including phenoxy) is 1. The zero-order valence-electron chi connectivity index (χ0n) is 17.2. The molecule has 0 bridgehead atoms. The first-order chi connectivity index (χ1) is 14.7. The molecule has 0 aliphatic carbocycles. The summed E-state index contributed by atoms with van der Waals surface area (Å²) in [4.78, 5) is 14.4. The zero-order chi connectivity index (χ0) is 20.8. The lowest BCUT2D eigenvalue weighted by Gasteiger charge is -2.15. The average molecular weight is 423 g/mol. The third kappa shape index (κ3) is 5.02. The summed E-state index contributed by atoms with van der Waals surface area (Å²) in [7, 11) is 0. The Balaban J connectivity index is 1.50. The van der Waals surface area contributed by atoms with Crippen LogP contribution in [0.5, 0.6) is 5.75 Å². The molecule has 3 aromatic rings. The van der Waals surface area contributed by atoms with E-state index < -0.39 is 0 Å². The van der Waals surface area contributed by atoms with Crippen molar-refractivity contribution in [3.63, 3.8) is 0 Å². The number of hydrogen-bond acceptors (Lipinski definition) is 5. The lowest BCUT2D eigenvalue weighted by atomic mass is 10.2. The molecule has 7 heteroatoms. The maximum atomic E-state index is 12.5. The second-order valence-electron chi connectivity index (χ2n) is 7.40. The van der Waals surface area contributed by atoms with Crippen molar-refractivity contribution in [3.8, 4) is 5.75 Å². The van der Waals surface area contributed by atoms with Crippen molar-refractivity contribution in [2.75, 3.05) is 18.8 Å². The fraction of sp³-hybridized carbons (Fsp3) is 0.348. The average Bonchev–Trinajstić information content (AvgIpc) is 3.43. The number of carbonyl (C=O) groups excluding carboxylic acids is 1. The minimum Gasteiger partial charge on any atom is -0.485 e. The molecule has 1 saturated heterocycles. The summed E-state index contributed by atoms with van der Waals surface area (Å²) in [6.07, 6.45) is 2.20. The molecule has 0 unspecified atom stereocenters. The minimum absolute atomic E-state index is 0.171. The largest absolute Gasteiger partial charge is 0.485 e. The number of thioether (sulfide) groups is 1. The molecule has 4 rings (SSSR count). The number of likely N-dealkylation sites (tertiary alicyclic amines) is 1. The van der Waals surface area contributed by atoms with Gasteiger partial charge in [-0.1, -0.05) is 60.3 Å². The Morgan fingerprint density at radius 3 is 2.53 bits per heavy atom. The van der Waals surface area contributed by atoms with E-state index in [1.807, 2.05) is 54.3 Å². The summed E-state index contributed by atoms with van der Waals surface area (Å²) >= 11 is 1.45. The van der Waals surface area contributed by atoms with Crippen molar-refractivity contribution >= 4 is 17.7 Å². The van der Waals surface area contributed by atoms with Crippen LogP contribution in [-0.2, 0) is 17.9 Å². The number of rotatable bonds is 8. The summed E-state index contributed by atoms with van der Waals surface area (Å²) in [6.45, 7) is 4.72. The highest BCUT2D eigenvalue weighted by atomic mass is 32.2. The standard InChI is InChI=1S/C23H26N4O2S/c1-18-9-5-6-12-20(18)29-16-21-24-25-23(27(21)15-19-10-3-2-4-11-19)30-17-22(28)26-13-7-8-14-26/h2-6,9-12H,7-8,13-17H2,1H3. The Hall–Kier alpha value is -2.80. The van der Waals surface area contributed by atoms with E-state index in [1.165, 1.54) is 11.8 Å². The van der Waals surface area contributed by atoms with Crippen molar-refractivity contribution in [1.82, 2.24) is 19.7 Å². The van der Waals surface area contributed by atoms with Crippen LogP contribution in [0.3, 0.4) is 0 Å². The molecule has 2 heterocycles. The van der Waals surface area contributed by atoms with E-state index in [4.69, 9.17) is 4.74 Å². The first kappa shape index (κ1) is 20.5. The van der Waals surface area contributed by atoms with E-state index in [0.717, 1.165) is 53.8 Å². The van der Waals surface area contributed by atoms with E-state index in [2.05, 4.69) is 26.9 Å². The van der Waals surface area contributed by atoms with E-state index in [1.54, 1.807) is 0 Å². The van der Waals surface area contributed by atoms with Crippen LogP contribution in [0.4, 0.5) is 0 Å². The number of carbonyl (C=O) groups is 1. The Morgan fingerprint density at radius 2 is 1.77 bits per heavy atom. The molecule has 0 atom stereocenters. The van der Waals surface area contributed by atoms with Gasteiger partial charge in [0.25, 0.3) is 0 Å². The zero-order valence-corrected chi connectivity index (χ0v) is 18.0. The van der Waals surface area contributed by atoms with Crippen LogP contribution >= 0.6 is 11.8 Å². The molecule has 6 nitrogen and oxygen atoms in total. The van der Waals surface area contributed by atoms with Crippen LogP contribution in [0.2, 0.25) is 0 Å². The molecule has 1 amide bonds. The molecule has 1 aliphatic heterocycles. The van der Waals surface area contributed by atoms with E-state index >= 15 is 0 Å². The lowest BCUT2D eigenvalue weighted by molar-refractivity contribution is -0.127. The monoisotopic (exact) mass is 422 g/mol. The van der Waals surface area contributed by atoms with E-state index in [9.17, 15) is 4.79 Å². The van der Waals surface area contributed by atoms with Gasteiger partial charge in [0.15, 0.2) is 11.0 Å². The smallest absolute Gasteiger partial charge is 0.233 e. The Bertz CT molecular complexity index is 984. The van der Waals surface area contributed by atoms with Crippen LogP contribution in [0, 0.1) is 6.92 Å². The van der Waals surface area contributed by atoms with Gasteiger partial charge < -0.3 is 9.64 Å². The van der Waals surface area contributed by atoms with Crippen molar-refractivity contribution in [1.29, 1.82) is 0 Å². The normalized spacial score (nSPS) is 13.6. The molecular formula is C23H26N4O2S. The van der Waals surface area contributed by atoms with Crippen molar-refractivity contribution in [2.45, 2.75) is 38.1 Å². The SMILES string of the molecule is Cc1ccccc1OCc1nnc(SCC(=O)N2CCCC2)n1Cc1ccccc1. The van der Waals surface area contributed by atoms with Gasteiger partial charge in [-0.3, -0.25) is 9.36 Å². The van der Waals surface area contributed by atoms with Gasteiger partial charge in [-0.15, -0.1) is 10.2 Å². The number of amides is 1. The third-order valence-corrected chi connectivity index (χ3v) is 6.16. The third-order valence-electron chi connectivity index (χ3n) is 5.21. The molecule has 0 radical (unpaired) electrons. The number of benzene rings is 2. The van der Waals surface area contributed by atoms with Gasteiger partial charge in [0.2, 0.25) is 5.91 Å². The van der Waals surface area contributed by atoms with E-state index in [-0.39, 0.29) is 5.91 Å². The Labute approximate surface area is 181 Å². The van der Waals surface area contributed by atoms with Crippen LogP contribution in [0.15, 0.2) is 59.8 Å². The highest BCUT2D eigenvalue weighted by Gasteiger charge is 2.20. The Morgan fingerprint density at radius 1 is 1.03 bits per heavy atom. The quantitative estimate of drug-likeness (QED) is 0.515. The first-order valence-electron chi connectivity index (χ1n) is 10.3. The number of aromatic nitrogens is 3. The first-order valence-corrected chi connectivity index (χ1v) is 11.2. The predicted octanol–water partition coefficient (Wildman–Crippen LogP) is 3.93. The number of hydrogen-bond donors (Lipinski definition) is 0. The topological polar surface area (TPSA) is 60.3 Å². The molecule has 0 N–H and O–H groups in total. The molecule has 2 aromatic carbocycles. The van der Waals surface area contributed by atoms with Gasteiger partial charge in [0, 0.05) is 13.1 Å². The number of nitrogens with zero attached hydrogens (tertiary/aromatic N) is 4. The summed E-state index contributed by atoms with van der Waals surface area (Å²) in [6, 6.07) is 18.1. The Kier molecular flexibility index (Phi) is 6.69. The van der Waals surface area contributed by atoms with Crippen LogP contribution in [-0.4, -0.2) is 44.4 Å². The summed E-state index contributed by atoms with van der Waals surface area (Å²) in [5.41, 5.74) is 2.24. The second-order valence-corrected chi connectivity index (χ2v) is 8.34. The summed E-state index contributed by atoms with van der Waals surface area (Å²) in [5.74, 6) is 2.14. The summed E-state index contributed by atoms with van der Waals surface area (Å²) < 4.78 is 8.06. The number of aryl methyl sites for hydroxylation is 1. The van der Waals surface area contributed by atoms with E-state index in [0.29, 0.717) is 18.9 Å². The van der Waals surface area contributed by atoms with Gasteiger partial charge in [0.1, 0.15) is 12.4 Å². The van der Waals surface area contributed by atoms with Crippen molar-refractivity contribution < 1.29 is 9.53 Å². The molecule has 30 heavy (non-hydrogen) atoms. The molecule has 1 fully saturated rings. The number of para-hydroxylation sites is 1. The fourth-order valence-corrected chi connectivity index (χ4v) is 4.36. The van der Waals surface area contributed by atoms with Gasteiger partial charge in [-0.2, -0.15) is 0 Å². The maximum Gasteiger partial charge on any atom is 0.233 e. The van der Waals surface area contributed by atoms with Gasteiger partial charge in [-0.25, -0.2) is 0 Å². The predicted molar refractivity (Wildman–Crippen MR) is 118 cm³/mol. The molecule has 1 aromatic heterocycles. The van der Waals surface area contributed by atoms with Crippen molar-refractivity contribution in [2.24, 2.45) is 0 Å².